The Kier molecular flexibility index (Phi) is 0.959. The smallest absolute Gasteiger partial charge is 0.0948 e. The number of benzene rings is 1. The highest BCUT2D eigenvalue weighted by Gasteiger charge is 2.25. The highest BCUT2D eigenvalue weighted by atomic mass is 14.8. The lowest BCUT2D eigenvalue weighted by molar-refractivity contribution is 0.952. The fraction of sp³-hybridized carbons (Fsp3) is 0.182. The molecule has 0 aliphatic carbocycles. The van der Waals surface area contributed by atoms with Gasteiger partial charge in [0.15, 0.2) is 0 Å². The van der Waals surface area contributed by atoms with E-state index >= 15 is 0 Å². The number of hydrogen-bond acceptors (Lipinski definition) is 1. The Morgan fingerprint density at radius 3 is 3.17 bits per heavy atom. The molecule has 0 N–H and O–H groups in total. The van der Waals surface area contributed by atoms with Gasteiger partial charge >= 0.3 is 0 Å². The van der Waals surface area contributed by atoms with Gasteiger partial charge in [0, 0.05) is 5.56 Å². The zero-order valence-electron chi connectivity index (χ0n) is 6.91. The molecule has 12 heavy (non-hydrogen) atoms. The van der Waals surface area contributed by atoms with E-state index < -0.39 is 0 Å². The van der Waals surface area contributed by atoms with Gasteiger partial charge in [-0.1, -0.05) is 23.8 Å². The van der Waals surface area contributed by atoms with Crippen molar-refractivity contribution in [1.29, 1.82) is 0 Å². The third kappa shape index (κ3) is 0.613. The van der Waals surface area contributed by atoms with E-state index in [-0.39, 0.29) is 0 Å². The van der Waals surface area contributed by atoms with Gasteiger partial charge in [-0.3, -0.25) is 4.99 Å². The average Bonchev–Trinajstić information content (AvgIpc) is 2.63. The monoisotopic (exact) mass is 155 g/mol. The van der Waals surface area contributed by atoms with E-state index in [0.29, 0.717) is 6.04 Å². The Morgan fingerprint density at radius 2 is 2.25 bits per heavy atom. The Morgan fingerprint density at radius 1 is 1.33 bits per heavy atom. The lowest BCUT2D eigenvalue weighted by atomic mass is 9.95. The molecule has 2 aliphatic heterocycles. The van der Waals surface area contributed by atoms with E-state index in [1.807, 2.05) is 0 Å². The fourth-order valence-corrected chi connectivity index (χ4v) is 1.90. The van der Waals surface area contributed by atoms with Gasteiger partial charge in [-0.15, -0.1) is 0 Å². The molecule has 1 atom stereocenters. The fourth-order valence-electron chi connectivity index (χ4n) is 1.90. The summed E-state index contributed by atoms with van der Waals surface area (Å²) in [5, 5.41) is 0. The maximum Gasteiger partial charge on any atom is 0.0948 e. The number of aliphatic imine (C=N–C) groups is 1. The lowest BCUT2D eigenvalue weighted by Gasteiger charge is -2.07. The van der Waals surface area contributed by atoms with Crippen LogP contribution in [0.4, 0.5) is 0 Å². The zero-order valence-corrected chi connectivity index (χ0v) is 6.91. The highest BCUT2D eigenvalue weighted by Crippen LogP contribution is 2.35. The molecule has 1 aromatic rings. The third-order valence-corrected chi connectivity index (χ3v) is 2.52. The van der Waals surface area contributed by atoms with Gasteiger partial charge in [-0.2, -0.15) is 0 Å². The first-order chi connectivity index (χ1) is 5.84. The van der Waals surface area contributed by atoms with Gasteiger partial charge in [-0.05, 0) is 24.6 Å². The van der Waals surface area contributed by atoms with Crippen LogP contribution in [0, 0.1) is 6.92 Å². The van der Waals surface area contributed by atoms with Gasteiger partial charge in [0.1, 0.15) is 0 Å². The molecule has 0 spiro atoms. The molecule has 1 heteroatoms. The van der Waals surface area contributed by atoms with Crippen LogP contribution < -0.4 is 0 Å². The van der Waals surface area contributed by atoms with Crippen molar-refractivity contribution >= 4 is 5.71 Å². The van der Waals surface area contributed by atoms with Crippen LogP contribution in [0.15, 0.2) is 35.3 Å². The lowest BCUT2D eigenvalue weighted by Crippen LogP contribution is -1.98. The molecule has 0 amide bonds. The summed E-state index contributed by atoms with van der Waals surface area (Å²) in [4.78, 5) is 4.51. The van der Waals surface area contributed by atoms with Gasteiger partial charge in [0.25, 0.3) is 0 Å². The molecular weight excluding hydrogens is 146 g/mol. The predicted molar refractivity (Wildman–Crippen MR) is 49.6 cm³/mol. The van der Waals surface area contributed by atoms with Crippen molar-refractivity contribution < 1.29 is 0 Å². The average molecular weight is 155 g/mol. The van der Waals surface area contributed by atoms with E-state index in [9.17, 15) is 0 Å². The summed E-state index contributed by atoms with van der Waals surface area (Å²) in [5.74, 6) is 0. The zero-order chi connectivity index (χ0) is 8.13. The molecular formula is C11H9N. The Balaban J connectivity index is 2.30. The van der Waals surface area contributed by atoms with Crippen LogP contribution in [0.3, 0.4) is 0 Å². The summed E-state index contributed by atoms with van der Waals surface area (Å²) in [6.45, 7) is 2.12. The molecule has 1 unspecified atom stereocenters. The quantitative estimate of drug-likeness (QED) is 0.545. The van der Waals surface area contributed by atoms with Crippen molar-refractivity contribution in [3.63, 3.8) is 0 Å². The van der Waals surface area contributed by atoms with E-state index in [0.717, 1.165) is 0 Å². The van der Waals surface area contributed by atoms with Crippen LogP contribution in [-0.2, 0) is 0 Å². The summed E-state index contributed by atoms with van der Waals surface area (Å²) >= 11 is 0. The van der Waals surface area contributed by atoms with Crippen LogP contribution in [-0.4, -0.2) is 5.71 Å². The molecule has 3 rings (SSSR count). The van der Waals surface area contributed by atoms with Crippen molar-refractivity contribution in [2.24, 2.45) is 4.99 Å². The maximum atomic E-state index is 4.51. The summed E-state index contributed by atoms with van der Waals surface area (Å²) < 4.78 is 0. The molecule has 0 saturated carbocycles. The van der Waals surface area contributed by atoms with E-state index in [2.05, 4.69) is 42.3 Å². The minimum absolute atomic E-state index is 0.329. The summed E-state index contributed by atoms with van der Waals surface area (Å²) in [5.41, 5.74) is 5.19. The number of allylic oxidation sites excluding steroid dienone is 1. The van der Waals surface area contributed by atoms with Crippen LogP contribution in [0.5, 0.6) is 0 Å². The molecule has 1 aromatic carbocycles. The van der Waals surface area contributed by atoms with Gasteiger partial charge in [-0.25, -0.2) is 0 Å². The van der Waals surface area contributed by atoms with Crippen LogP contribution in [0.1, 0.15) is 22.7 Å². The Labute approximate surface area is 71.5 Å². The summed E-state index contributed by atoms with van der Waals surface area (Å²) in [6, 6.07) is 6.90. The van der Waals surface area contributed by atoms with Crippen LogP contribution in [0.2, 0.25) is 0 Å². The summed E-state index contributed by atoms with van der Waals surface area (Å²) in [7, 11) is 0. The molecule has 0 aromatic heterocycles. The second kappa shape index (κ2) is 1.86. The molecule has 2 heterocycles. The maximum absolute atomic E-state index is 4.51. The number of fused-ring (bicyclic) bond motifs is 4. The minimum Gasteiger partial charge on any atom is -0.272 e. The normalized spacial score (nSPS) is 22.8. The molecule has 0 saturated heterocycles. The third-order valence-electron chi connectivity index (χ3n) is 2.52. The molecule has 58 valence electrons. The molecule has 0 fully saturated rings. The van der Waals surface area contributed by atoms with Crippen molar-refractivity contribution in [2.75, 3.05) is 0 Å². The first kappa shape index (κ1) is 6.18. The topological polar surface area (TPSA) is 12.4 Å². The van der Waals surface area contributed by atoms with E-state index in [4.69, 9.17) is 0 Å². The Hall–Kier alpha value is -1.37. The molecule has 1 nitrogen and oxygen atoms in total. The second-order valence-electron chi connectivity index (χ2n) is 3.41. The van der Waals surface area contributed by atoms with Gasteiger partial charge < -0.3 is 0 Å². The van der Waals surface area contributed by atoms with Crippen molar-refractivity contribution in [1.82, 2.24) is 0 Å². The molecule has 2 aliphatic rings. The van der Waals surface area contributed by atoms with E-state index in [1.54, 1.807) is 0 Å². The largest absolute Gasteiger partial charge is 0.272 e. The number of aryl methyl sites for hydroxylation is 1. The standard InChI is InChI=1S/C11H9N/c1-7-2-3-8-9(6-7)11-5-4-10(8)12-11/h2-6,10H,1H3. The van der Waals surface area contributed by atoms with Crippen LogP contribution in [0.25, 0.3) is 0 Å². The first-order valence-electron chi connectivity index (χ1n) is 4.21. The van der Waals surface area contributed by atoms with Gasteiger partial charge in [0.05, 0.1) is 11.8 Å². The van der Waals surface area contributed by atoms with Crippen LogP contribution >= 0.6 is 0 Å². The van der Waals surface area contributed by atoms with Crippen molar-refractivity contribution in [3.8, 4) is 0 Å². The predicted octanol–water partition coefficient (Wildman–Crippen LogP) is 2.41. The number of nitrogens with zero attached hydrogens (tertiary/aromatic N) is 1. The van der Waals surface area contributed by atoms with Crippen molar-refractivity contribution in [2.45, 2.75) is 13.0 Å². The van der Waals surface area contributed by atoms with E-state index in [1.165, 1.54) is 22.4 Å². The second-order valence-corrected chi connectivity index (χ2v) is 3.41. The van der Waals surface area contributed by atoms with Gasteiger partial charge in [0.2, 0.25) is 0 Å². The SMILES string of the molecule is Cc1ccc2c(c1)C1=NC2C=C1. The van der Waals surface area contributed by atoms with Crippen molar-refractivity contribution in [3.05, 3.63) is 47.0 Å². The molecule has 2 bridgehead atoms. The Bertz CT molecular complexity index is 413. The molecule has 0 radical (unpaired) electrons. The minimum atomic E-state index is 0.329. The summed E-state index contributed by atoms with van der Waals surface area (Å²) in [6.07, 6.45) is 4.28. The number of rotatable bonds is 0. The highest BCUT2D eigenvalue weighted by molar-refractivity contribution is 6.14. The number of hydrogen-bond donors (Lipinski definition) is 0. The first-order valence-corrected chi connectivity index (χ1v) is 4.21.